The molecule has 0 saturated carbocycles. The average molecular weight is 372 g/mol. The first-order valence-corrected chi connectivity index (χ1v) is 9.09. The van der Waals surface area contributed by atoms with Crippen LogP contribution < -0.4 is 10.3 Å². The Hall–Kier alpha value is -2.67. The highest BCUT2D eigenvalue weighted by Crippen LogP contribution is 2.37. The SMILES string of the molecule is COc1ccc(-c2c(C)sc3ncn(CCCC(=O)O)c(=O)c23)cc1C. The molecule has 136 valence electrons. The third-order valence-corrected chi connectivity index (χ3v) is 5.34. The molecule has 3 aromatic rings. The second-order valence-electron chi connectivity index (χ2n) is 6.14. The summed E-state index contributed by atoms with van der Waals surface area (Å²) in [5, 5.41) is 9.38. The number of benzene rings is 1. The van der Waals surface area contributed by atoms with Crippen LogP contribution in [0.3, 0.4) is 0 Å². The minimum atomic E-state index is -0.868. The van der Waals surface area contributed by atoms with Gasteiger partial charge in [0.25, 0.3) is 5.56 Å². The maximum atomic E-state index is 13.0. The van der Waals surface area contributed by atoms with Crippen molar-refractivity contribution in [3.8, 4) is 16.9 Å². The van der Waals surface area contributed by atoms with E-state index in [-0.39, 0.29) is 12.0 Å². The van der Waals surface area contributed by atoms with Crippen molar-refractivity contribution < 1.29 is 14.6 Å². The summed E-state index contributed by atoms with van der Waals surface area (Å²) in [6.45, 7) is 4.29. The summed E-state index contributed by atoms with van der Waals surface area (Å²) in [7, 11) is 1.63. The highest BCUT2D eigenvalue weighted by Gasteiger charge is 2.17. The van der Waals surface area contributed by atoms with Gasteiger partial charge >= 0.3 is 5.97 Å². The van der Waals surface area contributed by atoms with Crippen LogP contribution in [0.4, 0.5) is 0 Å². The summed E-state index contributed by atoms with van der Waals surface area (Å²) in [5.74, 6) is -0.0667. The van der Waals surface area contributed by atoms with E-state index in [0.717, 1.165) is 27.3 Å². The van der Waals surface area contributed by atoms with Gasteiger partial charge in [-0.1, -0.05) is 6.07 Å². The highest BCUT2D eigenvalue weighted by molar-refractivity contribution is 7.19. The van der Waals surface area contributed by atoms with Gasteiger partial charge in [-0.25, -0.2) is 4.98 Å². The molecule has 2 aromatic heterocycles. The molecule has 0 radical (unpaired) electrons. The van der Waals surface area contributed by atoms with Crippen LogP contribution in [0, 0.1) is 13.8 Å². The van der Waals surface area contributed by atoms with Crippen molar-refractivity contribution in [2.45, 2.75) is 33.2 Å². The molecular formula is C19H20N2O4S. The monoisotopic (exact) mass is 372 g/mol. The predicted octanol–water partition coefficient (Wildman–Crippen LogP) is 3.62. The average Bonchev–Trinajstić information content (AvgIpc) is 2.93. The van der Waals surface area contributed by atoms with Gasteiger partial charge in [-0.2, -0.15) is 0 Å². The zero-order valence-corrected chi connectivity index (χ0v) is 15.7. The van der Waals surface area contributed by atoms with E-state index >= 15 is 0 Å². The molecule has 0 bridgehead atoms. The van der Waals surface area contributed by atoms with E-state index in [1.807, 2.05) is 32.0 Å². The van der Waals surface area contributed by atoms with Crippen molar-refractivity contribution in [2.75, 3.05) is 7.11 Å². The standard InChI is InChI=1S/C19H20N2O4S/c1-11-9-13(6-7-14(11)25-3)16-12(2)26-18-17(16)19(24)21(10-20-18)8-4-5-15(22)23/h6-7,9-10H,4-5,8H2,1-3H3,(H,22,23). The topological polar surface area (TPSA) is 81.4 Å². The number of carbonyl (C=O) groups is 1. The molecule has 0 aliphatic heterocycles. The molecule has 7 heteroatoms. The molecule has 0 fully saturated rings. The van der Waals surface area contributed by atoms with Gasteiger partial charge in [0.05, 0.1) is 18.8 Å². The summed E-state index contributed by atoms with van der Waals surface area (Å²) in [6.07, 6.45) is 1.92. The fourth-order valence-corrected chi connectivity index (χ4v) is 4.08. The van der Waals surface area contributed by atoms with E-state index in [4.69, 9.17) is 9.84 Å². The van der Waals surface area contributed by atoms with Crippen LogP contribution in [0.25, 0.3) is 21.3 Å². The number of hydrogen-bond acceptors (Lipinski definition) is 5. The minimum Gasteiger partial charge on any atom is -0.496 e. The molecule has 0 unspecified atom stereocenters. The molecule has 0 aliphatic carbocycles. The highest BCUT2D eigenvalue weighted by atomic mass is 32.1. The Balaban J connectivity index is 2.10. The maximum Gasteiger partial charge on any atom is 0.303 e. The zero-order valence-electron chi connectivity index (χ0n) is 14.9. The summed E-state index contributed by atoms with van der Waals surface area (Å²) in [4.78, 5) is 29.8. The lowest BCUT2D eigenvalue weighted by Gasteiger charge is -2.09. The number of carboxylic acids is 1. The molecule has 26 heavy (non-hydrogen) atoms. The normalized spacial score (nSPS) is 11.0. The van der Waals surface area contributed by atoms with Crippen LogP contribution in [0.1, 0.15) is 23.3 Å². The second kappa shape index (κ2) is 7.29. The first kappa shape index (κ1) is 18.1. The number of thiophene rings is 1. The zero-order chi connectivity index (χ0) is 18.8. The smallest absolute Gasteiger partial charge is 0.303 e. The quantitative estimate of drug-likeness (QED) is 0.715. The molecule has 1 aromatic carbocycles. The van der Waals surface area contributed by atoms with Crippen LogP contribution in [-0.2, 0) is 11.3 Å². The number of methoxy groups -OCH3 is 1. The van der Waals surface area contributed by atoms with Crippen LogP contribution in [0.5, 0.6) is 5.75 Å². The summed E-state index contributed by atoms with van der Waals surface area (Å²) >= 11 is 1.49. The molecule has 3 rings (SSSR count). The molecule has 1 N–H and O–H groups in total. The van der Waals surface area contributed by atoms with Crippen molar-refractivity contribution in [3.05, 3.63) is 45.3 Å². The summed E-state index contributed by atoms with van der Waals surface area (Å²) < 4.78 is 6.82. The lowest BCUT2D eigenvalue weighted by atomic mass is 10.0. The molecular weight excluding hydrogens is 352 g/mol. The maximum absolute atomic E-state index is 13.0. The largest absolute Gasteiger partial charge is 0.496 e. The number of hydrogen-bond donors (Lipinski definition) is 1. The summed E-state index contributed by atoms with van der Waals surface area (Å²) in [6, 6.07) is 5.85. The van der Waals surface area contributed by atoms with E-state index in [1.54, 1.807) is 7.11 Å². The number of aromatic nitrogens is 2. The van der Waals surface area contributed by atoms with Crippen LogP contribution in [-0.4, -0.2) is 27.7 Å². The van der Waals surface area contributed by atoms with Gasteiger partial charge in [-0.15, -0.1) is 11.3 Å². The van der Waals surface area contributed by atoms with Gasteiger partial charge in [-0.05, 0) is 43.5 Å². The fraction of sp³-hybridized carbons (Fsp3) is 0.316. The molecule has 0 spiro atoms. The number of carboxylic acid groups (broad SMARTS) is 1. The molecule has 2 heterocycles. The van der Waals surface area contributed by atoms with Crippen LogP contribution >= 0.6 is 11.3 Å². The van der Waals surface area contributed by atoms with Gasteiger partial charge in [0.2, 0.25) is 0 Å². The Bertz CT molecular complexity index is 1040. The van der Waals surface area contributed by atoms with Gasteiger partial charge < -0.3 is 9.84 Å². The Labute approximate surface area is 154 Å². The van der Waals surface area contributed by atoms with Crippen molar-refractivity contribution in [2.24, 2.45) is 0 Å². The van der Waals surface area contributed by atoms with Crippen molar-refractivity contribution in [1.82, 2.24) is 9.55 Å². The number of aryl methyl sites for hydroxylation is 3. The van der Waals surface area contributed by atoms with E-state index < -0.39 is 5.97 Å². The fourth-order valence-electron chi connectivity index (χ4n) is 3.08. The van der Waals surface area contributed by atoms with E-state index in [1.165, 1.54) is 22.2 Å². The molecule has 0 atom stereocenters. The summed E-state index contributed by atoms with van der Waals surface area (Å²) in [5.41, 5.74) is 2.71. The molecule has 6 nitrogen and oxygen atoms in total. The number of aliphatic carboxylic acids is 1. The molecule has 0 amide bonds. The van der Waals surface area contributed by atoms with Gasteiger partial charge in [-0.3, -0.25) is 14.2 Å². The van der Waals surface area contributed by atoms with Gasteiger partial charge in [0.1, 0.15) is 10.6 Å². The predicted molar refractivity (Wildman–Crippen MR) is 102 cm³/mol. The Morgan fingerprint density at radius 3 is 2.77 bits per heavy atom. The van der Waals surface area contributed by atoms with Gasteiger partial charge in [0.15, 0.2) is 0 Å². The first-order chi connectivity index (χ1) is 12.4. The van der Waals surface area contributed by atoms with Crippen LogP contribution in [0.2, 0.25) is 0 Å². The minimum absolute atomic E-state index is 0.0255. The first-order valence-electron chi connectivity index (χ1n) is 8.27. The third kappa shape index (κ3) is 3.35. The van der Waals surface area contributed by atoms with E-state index in [2.05, 4.69) is 4.98 Å². The van der Waals surface area contributed by atoms with Crippen molar-refractivity contribution in [1.29, 1.82) is 0 Å². The number of ether oxygens (including phenoxy) is 1. The number of rotatable bonds is 6. The Kier molecular flexibility index (Phi) is 5.08. The Morgan fingerprint density at radius 2 is 2.12 bits per heavy atom. The second-order valence-corrected chi connectivity index (χ2v) is 7.34. The third-order valence-electron chi connectivity index (χ3n) is 4.33. The lowest BCUT2D eigenvalue weighted by Crippen LogP contribution is -2.20. The van der Waals surface area contributed by atoms with Crippen LogP contribution in [0.15, 0.2) is 29.3 Å². The van der Waals surface area contributed by atoms with E-state index in [9.17, 15) is 9.59 Å². The molecule has 0 aliphatic rings. The number of fused-ring (bicyclic) bond motifs is 1. The van der Waals surface area contributed by atoms with Crippen molar-refractivity contribution in [3.63, 3.8) is 0 Å². The number of nitrogens with zero attached hydrogens (tertiary/aromatic N) is 2. The van der Waals surface area contributed by atoms with Crippen molar-refractivity contribution >= 4 is 27.5 Å². The molecule has 0 saturated heterocycles. The Morgan fingerprint density at radius 1 is 1.35 bits per heavy atom. The van der Waals surface area contributed by atoms with E-state index in [0.29, 0.717) is 23.2 Å². The van der Waals surface area contributed by atoms with Gasteiger partial charge in [0, 0.05) is 23.4 Å². The lowest BCUT2D eigenvalue weighted by molar-refractivity contribution is -0.137.